The molecule has 0 saturated heterocycles. The molecule has 0 aliphatic heterocycles. The third-order valence-corrected chi connectivity index (χ3v) is 8.64. The van der Waals surface area contributed by atoms with Crippen molar-refractivity contribution in [2.45, 2.75) is 36.3 Å². The minimum atomic E-state index is -3.02. The van der Waals surface area contributed by atoms with Crippen LogP contribution < -0.4 is 10.1 Å². The van der Waals surface area contributed by atoms with Crippen LogP contribution in [0.5, 0.6) is 5.75 Å². The van der Waals surface area contributed by atoms with Gasteiger partial charge in [0.1, 0.15) is 18.0 Å². The molecule has 1 saturated carbocycles. The zero-order valence-corrected chi connectivity index (χ0v) is 23.5. The van der Waals surface area contributed by atoms with Crippen LogP contribution in [0.1, 0.15) is 23.2 Å². The SMILES string of the molecule is CS(C)(C)CCOCn1ncc(NC(=O)c2cnn3cccnc23)c1-c1cc(SC2CC2)ccc1OC(F)F. The Kier molecular flexibility index (Phi) is 8.10. The van der Waals surface area contributed by atoms with Gasteiger partial charge < -0.3 is 14.8 Å². The molecule has 39 heavy (non-hydrogen) atoms. The Morgan fingerprint density at radius 2 is 2.05 bits per heavy atom. The van der Waals surface area contributed by atoms with Crippen LogP contribution in [-0.2, 0) is 11.5 Å². The number of anilines is 1. The highest BCUT2D eigenvalue weighted by molar-refractivity contribution is 8.32. The van der Waals surface area contributed by atoms with Gasteiger partial charge in [-0.15, -0.1) is 11.8 Å². The fourth-order valence-electron chi connectivity index (χ4n) is 3.84. The zero-order valence-electron chi connectivity index (χ0n) is 21.8. The van der Waals surface area contributed by atoms with Crippen LogP contribution >= 0.6 is 21.8 Å². The molecule has 4 aromatic rings. The summed E-state index contributed by atoms with van der Waals surface area (Å²) in [5.74, 6) is 0.433. The molecule has 0 bridgehead atoms. The van der Waals surface area contributed by atoms with Gasteiger partial charge in [0.25, 0.3) is 5.91 Å². The number of hydrogen-bond donors (Lipinski definition) is 1. The molecule has 0 radical (unpaired) electrons. The van der Waals surface area contributed by atoms with E-state index in [1.165, 1.54) is 23.0 Å². The quantitative estimate of drug-likeness (QED) is 0.227. The van der Waals surface area contributed by atoms with Crippen molar-refractivity contribution in [3.63, 3.8) is 0 Å². The molecule has 5 rings (SSSR count). The molecule has 1 aliphatic carbocycles. The number of halogens is 2. The second-order valence-corrected chi connectivity index (χ2v) is 16.0. The Morgan fingerprint density at radius 1 is 1.23 bits per heavy atom. The standard InChI is InChI=1S/C26H30F2N6O3S2/c1-39(2,3)12-11-36-16-34-23(19-13-18(38-17-5-6-17)7-8-22(19)37-26(27)28)21(15-31-34)32-25(35)20-14-30-33-10-4-9-29-24(20)33/h4,7-10,13-15,17,26H,5-6,11-12,16H2,1-3H3,(H,32,35). The average Bonchev–Trinajstić information content (AvgIpc) is 3.44. The molecule has 3 heterocycles. The van der Waals surface area contributed by atoms with Gasteiger partial charge in [-0.05, 0) is 55.9 Å². The molecule has 1 aromatic carbocycles. The molecular weight excluding hydrogens is 546 g/mol. The van der Waals surface area contributed by atoms with E-state index in [0.29, 0.717) is 34.4 Å². The number of rotatable bonds is 12. The van der Waals surface area contributed by atoms with E-state index in [9.17, 15) is 13.6 Å². The normalized spacial score (nSPS) is 14.2. The summed E-state index contributed by atoms with van der Waals surface area (Å²) in [5.41, 5.74) is 1.77. The van der Waals surface area contributed by atoms with E-state index in [1.54, 1.807) is 47.0 Å². The summed E-state index contributed by atoms with van der Waals surface area (Å²) in [6.45, 7) is -2.42. The molecule has 3 aromatic heterocycles. The van der Waals surface area contributed by atoms with Gasteiger partial charge in [0, 0.05) is 33.9 Å². The van der Waals surface area contributed by atoms with Crippen LogP contribution in [0.4, 0.5) is 14.5 Å². The van der Waals surface area contributed by atoms with Crippen LogP contribution in [0.3, 0.4) is 0 Å². The lowest BCUT2D eigenvalue weighted by atomic mass is 10.1. The molecule has 0 atom stereocenters. The summed E-state index contributed by atoms with van der Waals surface area (Å²) in [7, 11) is -0.758. The van der Waals surface area contributed by atoms with Crippen molar-refractivity contribution < 1.29 is 23.0 Å². The fourth-order valence-corrected chi connectivity index (χ4v) is 5.55. The second-order valence-electron chi connectivity index (χ2n) is 9.99. The molecule has 0 unspecified atom stereocenters. The number of amides is 1. The number of aromatic nitrogens is 5. The van der Waals surface area contributed by atoms with Crippen molar-refractivity contribution in [1.82, 2.24) is 24.4 Å². The zero-order chi connectivity index (χ0) is 27.6. The van der Waals surface area contributed by atoms with Crippen LogP contribution in [0.15, 0.2) is 53.9 Å². The molecule has 0 spiro atoms. The third kappa shape index (κ3) is 6.89. The van der Waals surface area contributed by atoms with E-state index in [2.05, 4.69) is 39.3 Å². The Hall–Kier alpha value is -3.16. The number of carbonyl (C=O) groups excluding carboxylic acids is 1. The van der Waals surface area contributed by atoms with Crippen molar-refractivity contribution in [2.75, 3.05) is 36.4 Å². The first kappa shape index (κ1) is 27.4. The van der Waals surface area contributed by atoms with E-state index >= 15 is 0 Å². The number of nitrogens with one attached hydrogen (secondary N) is 1. The summed E-state index contributed by atoms with van der Waals surface area (Å²) in [6.07, 6.45) is 15.0. The van der Waals surface area contributed by atoms with Gasteiger partial charge in [0.15, 0.2) is 5.65 Å². The lowest BCUT2D eigenvalue weighted by molar-refractivity contribution is -0.0495. The van der Waals surface area contributed by atoms with Gasteiger partial charge in [-0.1, -0.05) is 0 Å². The summed E-state index contributed by atoms with van der Waals surface area (Å²) < 4.78 is 40.7. The summed E-state index contributed by atoms with van der Waals surface area (Å²) >= 11 is 1.69. The van der Waals surface area contributed by atoms with Gasteiger partial charge in [-0.25, -0.2) is 24.2 Å². The molecule has 1 N–H and O–H groups in total. The molecule has 208 valence electrons. The van der Waals surface area contributed by atoms with Crippen LogP contribution in [0.2, 0.25) is 0 Å². The molecule has 13 heteroatoms. The molecule has 1 aliphatic rings. The molecule has 1 amide bonds. The Morgan fingerprint density at radius 3 is 2.79 bits per heavy atom. The number of carbonyl (C=O) groups is 1. The van der Waals surface area contributed by atoms with Gasteiger partial charge in [0.2, 0.25) is 0 Å². The maximum absolute atomic E-state index is 13.4. The maximum Gasteiger partial charge on any atom is 0.387 e. The number of fused-ring (bicyclic) bond motifs is 1. The summed E-state index contributed by atoms with van der Waals surface area (Å²) in [4.78, 5) is 18.5. The van der Waals surface area contributed by atoms with Gasteiger partial charge in [0.05, 0.1) is 30.4 Å². The van der Waals surface area contributed by atoms with Crippen molar-refractivity contribution in [3.05, 3.63) is 54.6 Å². The predicted molar refractivity (Wildman–Crippen MR) is 150 cm³/mol. The topological polar surface area (TPSA) is 95.6 Å². The highest BCUT2D eigenvalue weighted by atomic mass is 32.3. The van der Waals surface area contributed by atoms with Gasteiger partial charge in [-0.3, -0.25) is 4.79 Å². The number of benzene rings is 1. The van der Waals surface area contributed by atoms with Gasteiger partial charge in [-0.2, -0.15) is 19.0 Å². The van der Waals surface area contributed by atoms with Crippen molar-refractivity contribution in [3.8, 4) is 17.0 Å². The summed E-state index contributed by atoms with van der Waals surface area (Å²) in [5, 5.41) is 12.0. The van der Waals surface area contributed by atoms with Crippen molar-refractivity contribution >= 4 is 39.0 Å². The number of nitrogens with zero attached hydrogens (tertiary/aromatic N) is 5. The first-order valence-corrected chi connectivity index (χ1v) is 16.2. The number of ether oxygens (including phenoxy) is 2. The predicted octanol–water partition coefficient (Wildman–Crippen LogP) is 5.37. The minimum Gasteiger partial charge on any atom is -0.434 e. The van der Waals surface area contributed by atoms with E-state index < -0.39 is 22.5 Å². The van der Waals surface area contributed by atoms with Crippen LogP contribution in [0.25, 0.3) is 16.9 Å². The van der Waals surface area contributed by atoms with E-state index in [0.717, 1.165) is 23.5 Å². The van der Waals surface area contributed by atoms with Crippen molar-refractivity contribution in [2.24, 2.45) is 0 Å². The molecular formula is C26H30F2N6O3S2. The van der Waals surface area contributed by atoms with E-state index in [-0.39, 0.29) is 18.0 Å². The number of alkyl halides is 2. The van der Waals surface area contributed by atoms with Crippen molar-refractivity contribution in [1.29, 1.82) is 0 Å². The molecule has 1 fully saturated rings. The first-order chi connectivity index (χ1) is 18.7. The third-order valence-electron chi connectivity index (χ3n) is 5.91. The van der Waals surface area contributed by atoms with Crippen LogP contribution in [-0.4, -0.2) is 73.3 Å². The lowest BCUT2D eigenvalue weighted by Gasteiger charge is -2.24. The number of thioether (sulfide) groups is 1. The highest BCUT2D eigenvalue weighted by Gasteiger charge is 2.26. The Labute approximate surface area is 230 Å². The first-order valence-electron chi connectivity index (χ1n) is 12.3. The Bertz CT molecular complexity index is 1470. The lowest BCUT2D eigenvalue weighted by Crippen LogP contribution is -2.15. The highest BCUT2D eigenvalue weighted by Crippen LogP contribution is 2.44. The number of hydrogen-bond acceptors (Lipinski definition) is 7. The largest absolute Gasteiger partial charge is 0.434 e. The van der Waals surface area contributed by atoms with E-state index in [4.69, 9.17) is 9.47 Å². The fraction of sp³-hybridized carbons (Fsp3) is 0.385. The smallest absolute Gasteiger partial charge is 0.387 e. The average molecular weight is 577 g/mol. The minimum absolute atomic E-state index is 0.0146. The van der Waals surface area contributed by atoms with E-state index in [1.807, 2.05) is 0 Å². The van der Waals surface area contributed by atoms with Crippen LogP contribution in [0, 0.1) is 0 Å². The maximum atomic E-state index is 13.4. The Balaban J connectivity index is 1.51. The molecule has 9 nitrogen and oxygen atoms in total. The van der Waals surface area contributed by atoms with Gasteiger partial charge >= 0.3 is 6.61 Å². The monoisotopic (exact) mass is 576 g/mol. The summed E-state index contributed by atoms with van der Waals surface area (Å²) in [6, 6.07) is 6.83. The second kappa shape index (κ2) is 11.5.